The number of allylic oxidation sites excluding steroid dienone is 1. The lowest BCUT2D eigenvalue weighted by atomic mass is 9.96. The van der Waals surface area contributed by atoms with Crippen molar-refractivity contribution >= 4 is 34.2 Å². The number of rotatable bonds is 9. The Morgan fingerprint density at radius 1 is 0.956 bits per heavy atom. The van der Waals surface area contributed by atoms with E-state index in [-0.39, 0.29) is 12.2 Å². The molecule has 0 saturated heterocycles. The lowest BCUT2D eigenvalue weighted by molar-refractivity contribution is -0.139. The molecule has 0 amide bonds. The predicted molar refractivity (Wildman–Crippen MR) is 175 cm³/mol. The average molecular weight is 621 g/mol. The number of thiazole rings is 1. The number of ether oxygens (including phenoxy) is 4. The van der Waals surface area contributed by atoms with Crippen LogP contribution in [0.2, 0.25) is 0 Å². The average Bonchev–Trinajstić information content (AvgIpc) is 3.36. The first-order valence-electron chi connectivity index (χ1n) is 14.5. The summed E-state index contributed by atoms with van der Waals surface area (Å²) in [6.07, 6.45) is 1.80. The van der Waals surface area contributed by atoms with E-state index in [2.05, 4.69) is 29.3 Å². The summed E-state index contributed by atoms with van der Waals surface area (Å²) in [7, 11) is 3.18. The first-order valence-corrected chi connectivity index (χ1v) is 15.3. The fourth-order valence-corrected chi connectivity index (χ4v) is 6.56. The Hall–Kier alpha value is -5.15. The monoisotopic (exact) mass is 620 g/mol. The Labute approximate surface area is 264 Å². The SMILES string of the molecule is CCOC(=O)C1=C(C)N=c2s/c(=C/c3ccc(OCc4cccc5ccccc45)c(OC)c3)c(=O)n2[C@H]1c1ccc(OC)cc1. The summed E-state index contributed by atoms with van der Waals surface area (Å²) < 4.78 is 24.6. The predicted octanol–water partition coefficient (Wildman–Crippen LogP) is 5.55. The van der Waals surface area contributed by atoms with E-state index in [1.807, 2.05) is 48.5 Å². The van der Waals surface area contributed by atoms with Gasteiger partial charge in [-0.05, 0) is 71.7 Å². The molecule has 0 fully saturated rings. The molecule has 1 aliphatic heterocycles. The molecular weight excluding hydrogens is 588 g/mol. The van der Waals surface area contributed by atoms with Crippen LogP contribution in [-0.4, -0.2) is 31.4 Å². The molecule has 0 unspecified atom stereocenters. The normalized spacial score (nSPS) is 14.6. The molecule has 0 bridgehead atoms. The van der Waals surface area contributed by atoms with Crippen molar-refractivity contribution in [2.75, 3.05) is 20.8 Å². The van der Waals surface area contributed by atoms with Crippen LogP contribution in [-0.2, 0) is 16.1 Å². The van der Waals surface area contributed by atoms with Crippen LogP contribution in [0.1, 0.15) is 36.6 Å². The molecule has 1 aliphatic rings. The minimum absolute atomic E-state index is 0.207. The van der Waals surface area contributed by atoms with Gasteiger partial charge in [0.1, 0.15) is 12.4 Å². The number of fused-ring (bicyclic) bond motifs is 2. The van der Waals surface area contributed by atoms with Gasteiger partial charge in [0.15, 0.2) is 16.3 Å². The third-order valence-corrected chi connectivity index (χ3v) is 8.68. The molecule has 0 aliphatic carbocycles. The largest absolute Gasteiger partial charge is 0.497 e. The van der Waals surface area contributed by atoms with E-state index in [4.69, 9.17) is 18.9 Å². The molecule has 6 rings (SSSR count). The van der Waals surface area contributed by atoms with Gasteiger partial charge in [0.25, 0.3) is 5.56 Å². The summed E-state index contributed by atoms with van der Waals surface area (Å²) in [5.74, 6) is 1.31. The van der Waals surface area contributed by atoms with Crippen molar-refractivity contribution < 1.29 is 23.7 Å². The fourth-order valence-electron chi connectivity index (χ4n) is 5.51. The highest BCUT2D eigenvalue weighted by Gasteiger charge is 2.33. The third kappa shape index (κ3) is 5.86. The van der Waals surface area contributed by atoms with Crippen molar-refractivity contribution in [3.8, 4) is 17.2 Å². The van der Waals surface area contributed by atoms with Gasteiger partial charge >= 0.3 is 5.97 Å². The number of hydrogen-bond acceptors (Lipinski definition) is 8. The van der Waals surface area contributed by atoms with Gasteiger partial charge in [-0.15, -0.1) is 0 Å². The summed E-state index contributed by atoms with van der Waals surface area (Å²) in [5, 5.41) is 2.29. The number of aromatic nitrogens is 1. The smallest absolute Gasteiger partial charge is 0.338 e. The van der Waals surface area contributed by atoms with E-state index in [0.29, 0.717) is 44.5 Å². The summed E-state index contributed by atoms with van der Waals surface area (Å²) >= 11 is 1.27. The molecule has 0 N–H and O–H groups in total. The Bertz CT molecular complexity index is 2110. The highest BCUT2D eigenvalue weighted by atomic mass is 32.1. The van der Waals surface area contributed by atoms with Crippen LogP contribution in [0.4, 0.5) is 0 Å². The van der Waals surface area contributed by atoms with Crippen LogP contribution < -0.4 is 29.1 Å². The van der Waals surface area contributed by atoms with Crippen LogP contribution in [0.5, 0.6) is 17.2 Å². The van der Waals surface area contributed by atoms with Gasteiger partial charge in [0, 0.05) is 0 Å². The van der Waals surface area contributed by atoms with Crippen LogP contribution in [0.15, 0.2) is 106 Å². The van der Waals surface area contributed by atoms with Crippen molar-refractivity contribution in [2.24, 2.45) is 4.99 Å². The number of hydrogen-bond donors (Lipinski definition) is 0. The van der Waals surface area contributed by atoms with Gasteiger partial charge in [-0.2, -0.15) is 0 Å². The van der Waals surface area contributed by atoms with E-state index in [1.54, 1.807) is 50.8 Å². The van der Waals surface area contributed by atoms with E-state index in [9.17, 15) is 9.59 Å². The second-order valence-electron chi connectivity index (χ2n) is 10.4. The first-order chi connectivity index (χ1) is 21.9. The third-order valence-electron chi connectivity index (χ3n) is 7.70. The maximum Gasteiger partial charge on any atom is 0.338 e. The van der Waals surface area contributed by atoms with Gasteiger partial charge in [0.2, 0.25) is 0 Å². The molecule has 45 heavy (non-hydrogen) atoms. The van der Waals surface area contributed by atoms with Crippen molar-refractivity contribution in [2.45, 2.75) is 26.5 Å². The van der Waals surface area contributed by atoms with E-state index in [1.165, 1.54) is 11.3 Å². The molecule has 4 aromatic carbocycles. The molecule has 1 aromatic heterocycles. The number of nitrogens with zero attached hydrogens (tertiary/aromatic N) is 2. The maximum absolute atomic E-state index is 14.0. The number of benzene rings is 4. The van der Waals surface area contributed by atoms with Gasteiger partial charge < -0.3 is 18.9 Å². The summed E-state index contributed by atoms with van der Waals surface area (Å²) in [4.78, 5) is 32.3. The lowest BCUT2D eigenvalue weighted by Crippen LogP contribution is -2.39. The van der Waals surface area contributed by atoms with Crippen molar-refractivity contribution in [1.82, 2.24) is 4.57 Å². The van der Waals surface area contributed by atoms with Crippen molar-refractivity contribution in [3.63, 3.8) is 0 Å². The van der Waals surface area contributed by atoms with E-state index < -0.39 is 12.0 Å². The van der Waals surface area contributed by atoms with Crippen molar-refractivity contribution in [1.29, 1.82) is 0 Å². The van der Waals surface area contributed by atoms with Crippen LogP contribution in [0.3, 0.4) is 0 Å². The van der Waals surface area contributed by atoms with Crippen LogP contribution in [0.25, 0.3) is 16.8 Å². The molecule has 2 heterocycles. The first kappa shape index (κ1) is 29.9. The number of carbonyl (C=O) groups excluding carboxylic acids is 1. The zero-order valence-corrected chi connectivity index (χ0v) is 26.2. The van der Waals surface area contributed by atoms with E-state index in [0.717, 1.165) is 27.5 Å². The van der Waals surface area contributed by atoms with Gasteiger partial charge in [0.05, 0.1) is 42.7 Å². The minimum atomic E-state index is -0.701. The molecule has 228 valence electrons. The zero-order chi connectivity index (χ0) is 31.5. The molecular formula is C36H32N2O6S. The summed E-state index contributed by atoms with van der Waals surface area (Å²) in [5.41, 5.74) is 3.16. The van der Waals surface area contributed by atoms with E-state index >= 15 is 0 Å². The Kier molecular flexibility index (Phi) is 8.53. The highest BCUT2D eigenvalue weighted by molar-refractivity contribution is 7.07. The fraction of sp³-hybridized carbons (Fsp3) is 0.194. The van der Waals surface area contributed by atoms with Gasteiger partial charge in [-0.3, -0.25) is 9.36 Å². The van der Waals surface area contributed by atoms with Gasteiger partial charge in [-0.1, -0.05) is 72.0 Å². The molecule has 9 heteroatoms. The number of esters is 1. The standard InChI is InChI=1S/C36H32N2O6S/c1-5-43-35(40)32-22(2)37-36-38(33(32)25-14-16-27(41-3)17-15-25)34(39)31(45-36)20-23-13-18-29(30(19-23)42-4)44-21-26-11-8-10-24-9-6-7-12-28(24)26/h6-20,33H,5,21H2,1-4H3/b31-20+/t33-/m0/s1. The molecule has 0 spiro atoms. The number of methoxy groups -OCH3 is 2. The van der Waals surface area contributed by atoms with Crippen LogP contribution >= 0.6 is 11.3 Å². The molecule has 0 saturated carbocycles. The minimum Gasteiger partial charge on any atom is -0.497 e. The molecule has 0 radical (unpaired) electrons. The topological polar surface area (TPSA) is 88.4 Å². The Balaban J connectivity index is 1.36. The summed E-state index contributed by atoms with van der Waals surface area (Å²) in [6, 6.07) is 26.5. The lowest BCUT2D eigenvalue weighted by Gasteiger charge is -2.24. The number of carbonyl (C=O) groups is 1. The Morgan fingerprint density at radius 2 is 1.73 bits per heavy atom. The molecule has 5 aromatic rings. The van der Waals surface area contributed by atoms with Gasteiger partial charge in [-0.25, -0.2) is 9.79 Å². The maximum atomic E-state index is 14.0. The van der Waals surface area contributed by atoms with Crippen LogP contribution in [0, 0.1) is 0 Å². The molecule has 1 atom stereocenters. The second kappa shape index (κ2) is 12.8. The Morgan fingerprint density at radius 3 is 2.49 bits per heavy atom. The zero-order valence-electron chi connectivity index (χ0n) is 25.4. The summed E-state index contributed by atoms with van der Waals surface area (Å²) in [6.45, 7) is 4.10. The molecule has 8 nitrogen and oxygen atoms in total. The quantitative estimate of drug-likeness (QED) is 0.201. The highest BCUT2D eigenvalue weighted by Crippen LogP contribution is 2.32. The van der Waals surface area contributed by atoms with Crippen molar-refractivity contribution in [3.05, 3.63) is 133 Å². The second-order valence-corrected chi connectivity index (χ2v) is 11.4.